The van der Waals surface area contributed by atoms with Gasteiger partial charge in [-0.1, -0.05) is 35.5 Å². The molecule has 0 fully saturated rings. The molecule has 2 heterocycles. The maximum atomic E-state index is 11.2. The quantitative estimate of drug-likeness (QED) is 0.470. The number of nitrogens with one attached hydrogen (secondary N) is 1. The number of amides is 1. The molecule has 0 aliphatic rings. The fourth-order valence-corrected chi connectivity index (χ4v) is 3.25. The van der Waals surface area contributed by atoms with E-state index in [1.165, 1.54) is 18.7 Å². The topological polar surface area (TPSA) is 107 Å². The Morgan fingerprint density at radius 2 is 1.69 bits per heavy atom. The molecule has 2 aromatic carbocycles. The summed E-state index contributed by atoms with van der Waals surface area (Å²) in [5.41, 5.74) is 3.39. The van der Waals surface area contributed by atoms with Gasteiger partial charge in [0.2, 0.25) is 23.6 Å². The van der Waals surface area contributed by atoms with E-state index >= 15 is 0 Å². The SMILES string of the molecule is CC(=O)Nc1cccc(-c2nnc(SCc3nnc(-c4cccc(C)c4)o3)o2)c1. The van der Waals surface area contributed by atoms with Crippen molar-refractivity contribution in [2.45, 2.75) is 24.8 Å². The van der Waals surface area contributed by atoms with Crippen LogP contribution < -0.4 is 5.32 Å². The molecule has 0 atom stereocenters. The third kappa shape index (κ3) is 4.69. The van der Waals surface area contributed by atoms with Gasteiger partial charge in [0.15, 0.2) is 0 Å². The maximum absolute atomic E-state index is 11.2. The number of hydrogen-bond donors (Lipinski definition) is 1. The van der Waals surface area contributed by atoms with Crippen molar-refractivity contribution >= 4 is 23.4 Å². The molecule has 4 aromatic rings. The number of nitrogens with zero attached hydrogens (tertiary/aromatic N) is 4. The predicted octanol–water partition coefficient (Wildman–Crippen LogP) is 4.35. The third-order valence-corrected chi connectivity index (χ3v) is 4.69. The monoisotopic (exact) mass is 407 g/mol. The average Bonchev–Trinajstić information content (AvgIpc) is 3.36. The highest BCUT2D eigenvalue weighted by Crippen LogP contribution is 2.28. The Morgan fingerprint density at radius 1 is 0.966 bits per heavy atom. The molecule has 0 aliphatic heterocycles. The van der Waals surface area contributed by atoms with Crippen molar-refractivity contribution in [3.63, 3.8) is 0 Å². The Bertz CT molecular complexity index is 1150. The number of carbonyl (C=O) groups excluding carboxylic acids is 1. The molecular weight excluding hydrogens is 390 g/mol. The summed E-state index contributed by atoms with van der Waals surface area (Å²) in [6, 6.07) is 15.1. The van der Waals surface area contributed by atoms with Crippen LogP contribution in [-0.4, -0.2) is 26.3 Å². The average molecular weight is 407 g/mol. The lowest BCUT2D eigenvalue weighted by molar-refractivity contribution is -0.114. The Kier molecular flexibility index (Phi) is 5.39. The molecule has 0 saturated carbocycles. The van der Waals surface area contributed by atoms with E-state index in [-0.39, 0.29) is 5.91 Å². The van der Waals surface area contributed by atoms with Crippen LogP contribution in [0.3, 0.4) is 0 Å². The smallest absolute Gasteiger partial charge is 0.277 e. The van der Waals surface area contributed by atoms with Crippen LogP contribution in [0.4, 0.5) is 5.69 Å². The number of thioether (sulfide) groups is 1. The standard InChI is InChI=1S/C20H17N5O3S/c1-12-5-3-6-14(9-12)18-23-22-17(27-18)11-29-20-25-24-19(28-20)15-7-4-8-16(10-15)21-13(2)26/h3-10H,11H2,1-2H3,(H,21,26). The zero-order valence-corrected chi connectivity index (χ0v) is 16.6. The summed E-state index contributed by atoms with van der Waals surface area (Å²) in [5, 5.41) is 19.4. The van der Waals surface area contributed by atoms with Crippen molar-refractivity contribution in [2.24, 2.45) is 0 Å². The summed E-state index contributed by atoms with van der Waals surface area (Å²) < 4.78 is 11.4. The number of aryl methyl sites for hydroxylation is 1. The summed E-state index contributed by atoms with van der Waals surface area (Å²) in [4.78, 5) is 11.2. The highest BCUT2D eigenvalue weighted by atomic mass is 32.2. The highest BCUT2D eigenvalue weighted by molar-refractivity contribution is 7.98. The Labute approximate surface area is 170 Å². The summed E-state index contributed by atoms with van der Waals surface area (Å²) in [6.07, 6.45) is 0. The van der Waals surface area contributed by atoms with Crippen LogP contribution in [0.25, 0.3) is 22.9 Å². The molecule has 4 rings (SSSR count). The van der Waals surface area contributed by atoms with E-state index in [0.29, 0.717) is 34.3 Å². The van der Waals surface area contributed by atoms with Crippen LogP contribution >= 0.6 is 11.8 Å². The zero-order valence-electron chi connectivity index (χ0n) is 15.7. The Morgan fingerprint density at radius 3 is 2.48 bits per heavy atom. The van der Waals surface area contributed by atoms with Crippen molar-refractivity contribution in [1.82, 2.24) is 20.4 Å². The number of aromatic nitrogens is 4. The largest absolute Gasteiger partial charge is 0.420 e. The second-order valence-electron chi connectivity index (χ2n) is 6.29. The van der Waals surface area contributed by atoms with Crippen LogP contribution in [0.2, 0.25) is 0 Å². The number of benzene rings is 2. The first-order valence-electron chi connectivity index (χ1n) is 8.80. The molecule has 0 saturated heterocycles. The number of anilines is 1. The molecule has 0 aliphatic carbocycles. The van der Waals surface area contributed by atoms with E-state index in [9.17, 15) is 4.79 Å². The van der Waals surface area contributed by atoms with Crippen molar-refractivity contribution in [1.29, 1.82) is 0 Å². The molecule has 0 bridgehead atoms. The van der Waals surface area contributed by atoms with Gasteiger partial charge < -0.3 is 14.2 Å². The minimum Gasteiger partial charge on any atom is -0.420 e. The predicted molar refractivity (Wildman–Crippen MR) is 108 cm³/mol. The van der Waals surface area contributed by atoms with E-state index < -0.39 is 0 Å². The lowest BCUT2D eigenvalue weighted by atomic mass is 10.1. The van der Waals surface area contributed by atoms with E-state index in [1.54, 1.807) is 12.1 Å². The zero-order chi connectivity index (χ0) is 20.2. The van der Waals surface area contributed by atoms with Crippen molar-refractivity contribution in [3.05, 3.63) is 60.0 Å². The van der Waals surface area contributed by atoms with Gasteiger partial charge in [0.25, 0.3) is 5.22 Å². The van der Waals surface area contributed by atoms with Crippen LogP contribution in [0.15, 0.2) is 62.6 Å². The number of rotatable bonds is 6. The van der Waals surface area contributed by atoms with Gasteiger partial charge in [-0.15, -0.1) is 20.4 Å². The van der Waals surface area contributed by atoms with Crippen molar-refractivity contribution < 1.29 is 13.6 Å². The minimum atomic E-state index is -0.145. The van der Waals surface area contributed by atoms with Gasteiger partial charge in [-0.3, -0.25) is 4.79 Å². The van der Waals surface area contributed by atoms with Crippen LogP contribution in [-0.2, 0) is 10.5 Å². The van der Waals surface area contributed by atoms with Gasteiger partial charge >= 0.3 is 0 Å². The molecule has 146 valence electrons. The molecule has 9 heteroatoms. The molecular formula is C20H17N5O3S. The van der Waals surface area contributed by atoms with Gasteiger partial charge in [0, 0.05) is 23.7 Å². The summed E-state index contributed by atoms with van der Waals surface area (Å²) in [6.45, 7) is 3.46. The third-order valence-electron chi connectivity index (χ3n) is 3.89. The Balaban J connectivity index is 1.42. The lowest BCUT2D eigenvalue weighted by Gasteiger charge is -2.02. The van der Waals surface area contributed by atoms with Crippen LogP contribution in [0.1, 0.15) is 18.4 Å². The first-order chi connectivity index (χ1) is 14.1. The fourth-order valence-electron chi connectivity index (χ4n) is 2.65. The van der Waals surface area contributed by atoms with Gasteiger partial charge in [-0.05, 0) is 37.3 Å². The molecule has 1 N–H and O–H groups in total. The van der Waals surface area contributed by atoms with E-state index in [2.05, 4.69) is 25.7 Å². The lowest BCUT2D eigenvalue weighted by Crippen LogP contribution is -2.05. The van der Waals surface area contributed by atoms with Crippen molar-refractivity contribution in [2.75, 3.05) is 5.32 Å². The van der Waals surface area contributed by atoms with Crippen LogP contribution in [0.5, 0.6) is 0 Å². The van der Waals surface area contributed by atoms with Gasteiger partial charge in [-0.2, -0.15) is 0 Å². The van der Waals surface area contributed by atoms with E-state index in [0.717, 1.165) is 16.7 Å². The summed E-state index contributed by atoms with van der Waals surface area (Å²) >= 11 is 1.31. The van der Waals surface area contributed by atoms with Crippen LogP contribution in [0, 0.1) is 6.92 Å². The van der Waals surface area contributed by atoms with E-state index in [1.807, 2.05) is 43.3 Å². The normalized spacial score (nSPS) is 10.8. The molecule has 0 unspecified atom stereocenters. The molecule has 29 heavy (non-hydrogen) atoms. The second kappa shape index (κ2) is 8.27. The number of carbonyl (C=O) groups is 1. The fraction of sp³-hybridized carbons (Fsp3) is 0.150. The molecule has 0 radical (unpaired) electrons. The number of hydrogen-bond acceptors (Lipinski definition) is 8. The van der Waals surface area contributed by atoms with Gasteiger partial charge in [-0.25, -0.2) is 0 Å². The first kappa shape index (κ1) is 18.9. The molecule has 2 aromatic heterocycles. The second-order valence-corrected chi connectivity index (χ2v) is 7.22. The van der Waals surface area contributed by atoms with Gasteiger partial charge in [0.1, 0.15) is 0 Å². The maximum Gasteiger partial charge on any atom is 0.277 e. The minimum absolute atomic E-state index is 0.145. The first-order valence-corrected chi connectivity index (χ1v) is 9.79. The summed E-state index contributed by atoms with van der Waals surface area (Å²) in [5.74, 6) is 1.58. The molecule has 1 amide bonds. The van der Waals surface area contributed by atoms with E-state index in [4.69, 9.17) is 8.83 Å². The highest BCUT2D eigenvalue weighted by Gasteiger charge is 2.13. The molecule has 0 spiro atoms. The van der Waals surface area contributed by atoms with Crippen molar-refractivity contribution in [3.8, 4) is 22.9 Å². The summed E-state index contributed by atoms with van der Waals surface area (Å²) in [7, 11) is 0. The molecule has 8 nitrogen and oxygen atoms in total. The Hall–Kier alpha value is -3.46. The van der Waals surface area contributed by atoms with Gasteiger partial charge in [0.05, 0.1) is 5.75 Å².